The molecule has 1 aromatic carbocycles. The van der Waals surface area contributed by atoms with E-state index in [9.17, 15) is 4.79 Å². The number of fused-ring (bicyclic) bond motifs is 1. The number of H-pyrrole nitrogens is 1. The number of carbonyl (C=O) groups is 1. The summed E-state index contributed by atoms with van der Waals surface area (Å²) in [5, 5.41) is 3.91. The Balaban J connectivity index is 2.05. The highest BCUT2D eigenvalue weighted by atomic mass is 32.2. The molecule has 0 aliphatic carbocycles. The van der Waals surface area contributed by atoms with E-state index in [1.165, 1.54) is 0 Å². The monoisotopic (exact) mass is 291 g/mol. The lowest BCUT2D eigenvalue weighted by Gasteiger charge is -2.13. The first-order valence-corrected chi connectivity index (χ1v) is 8.02. The average Bonchev–Trinajstić information content (AvgIpc) is 2.81. The van der Waals surface area contributed by atoms with E-state index < -0.39 is 0 Å². The number of hydrogen-bond donors (Lipinski definition) is 3. The highest BCUT2D eigenvalue weighted by Gasteiger charge is 2.14. The van der Waals surface area contributed by atoms with Gasteiger partial charge in [0.15, 0.2) is 0 Å². The van der Waals surface area contributed by atoms with E-state index in [0.717, 1.165) is 28.8 Å². The highest BCUT2D eigenvalue weighted by molar-refractivity contribution is 7.99. The van der Waals surface area contributed by atoms with Crippen molar-refractivity contribution in [2.24, 2.45) is 0 Å². The maximum absolute atomic E-state index is 12.3. The van der Waals surface area contributed by atoms with Crippen molar-refractivity contribution in [3.8, 4) is 0 Å². The number of benzene rings is 1. The maximum Gasteiger partial charge on any atom is 0.253 e. The first-order chi connectivity index (χ1) is 9.61. The molecule has 4 nitrogen and oxygen atoms in total. The van der Waals surface area contributed by atoms with Crippen LogP contribution < -0.4 is 11.1 Å². The first kappa shape index (κ1) is 14.8. The van der Waals surface area contributed by atoms with Crippen LogP contribution in [0.15, 0.2) is 24.4 Å². The third kappa shape index (κ3) is 3.48. The molecule has 2 rings (SSSR count). The van der Waals surface area contributed by atoms with Gasteiger partial charge in [-0.25, -0.2) is 0 Å². The van der Waals surface area contributed by atoms with Crippen LogP contribution in [-0.4, -0.2) is 28.4 Å². The van der Waals surface area contributed by atoms with Crippen molar-refractivity contribution in [3.05, 3.63) is 30.0 Å². The van der Waals surface area contributed by atoms with Crippen LogP contribution in [0.1, 0.15) is 30.6 Å². The summed E-state index contributed by atoms with van der Waals surface area (Å²) in [5.74, 6) is 2.14. The maximum atomic E-state index is 12.3. The van der Waals surface area contributed by atoms with Crippen LogP contribution in [0.2, 0.25) is 0 Å². The Morgan fingerprint density at radius 1 is 1.50 bits per heavy atom. The minimum absolute atomic E-state index is 0.0455. The van der Waals surface area contributed by atoms with Crippen LogP contribution in [0.5, 0.6) is 0 Å². The number of aromatic nitrogens is 1. The molecular weight excluding hydrogens is 270 g/mol. The lowest BCUT2D eigenvalue weighted by atomic mass is 10.1. The van der Waals surface area contributed by atoms with Gasteiger partial charge in [-0.2, -0.15) is 11.8 Å². The SMILES string of the molecule is CCSCCC(C)NC(=O)c1c[nH]c2ccc(N)cc12. The zero-order valence-electron chi connectivity index (χ0n) is 11.9. The van der Waals surface area contributed by atoms with Crippen molar-refractivity contribution < 1.29 is 4.79 Å². The summed E-state index contributed by atoms with van der Waals surface area (Å²) in [6, 6.07) is 5.72. The number of amides is 1. The fraction of sp³-hybridized carbons (Fsp3) is 0.400. The molecule has 4 N–H and O–H groups in total. The zero-order valence-corrected chi connectivity index (χ0v) is 12.7. The third-order valence-corrected chi connectivity index (χ3v) is 4.16. The van der Waals surface area contributed by atoms with E-state index in [4.69, 9.17) is 5.73 Å². The van der Waals surface area contributed by atoms with Gasteiger partial charge >= 0.3 is 0 Å². The van der Waals surface area contributed by atoms with Gasteiger partial charge in [-0.15, -0.1) is 0 Å². The van der Waals surface area contributed by atoms with Crippen LogP contribution in [0.4, 0.5) is 5.69 Å². The molecule has 0 bridgehead atoms. The minimum Gasteiger partial charge on any atom is -0.399 e. The fourth-order valence-electron chi connectivity index (χ4n) is 2.10. The predicted molar refractivity (Wildman–Crippen MR) is 87.3 cm³/mol. The Bertz CT molecular complexity index is 594. The largest absolute Gasteiger partial charge is 0.399 e. The Morgan fingerprint density at radius 3 is 3.05 bits per heavy atom. The lowest BCUT2D eigenvalue weighted by Crippen LogP contribution is -2.32. The normalized spacial score (nSPS) is 12.5. The second kappa shape index (κ2) is 6.70. The molecule has 1 atom stereocenters. The van der Waals surface area contributed by atoms with Gasteiger partial charge in [-0.05, 0) is 43.0 Å². The third-order valence-electron chi connectivity index (χ3n) is 3.23. The molecule has 0 spiro atoms. The number of nitrogens with one attached hydrogen (secondary N) is 2. The zero-order chi connectivity index (χ0) is 14.5. The molecule has 0 saturated heterocycles. The molecule has 0 saturated carbocycles. The molecule has 0 radical (unpaired) electrons. The summed E-state index contributed by atoms with van der Waals surface area (Å²) in [6.07, 6.45) is 2.72. The van der Waals surface area contributed by atoms with E-state index in [2.05, 4.69) is 17.2 Å². The topological polar surface area (TPSA) is 70.9 Å². The Morgan fingerprint density at radius 2 is 2.30 bits per heavy atom. The quantitative estimate of drug-likeness (QED) is 0.566. The van der Waals surface area contributed by atoms with E-state index in [-0.39, 0.29) is 11.9 Å². The highest BCUT2D eigenvalue weighted by Crippen LogP contribution is 2.21. The van der Waals surface area contributed by atoms with E-state index in [1.54, 1.807) is 6.20 Å². The van der Waals surface area contributed by atoms with Crippen LogP contribution in [-0.2, 0) is 0 Å². The van der Waals surface area contributed by atoms with Gasteiger partial charge < -0.3 is 16.0 Å². The second-order valence-corrected chi connectivity index (χ2v) is 6.26. The number of hydrogen-bond acceptors (Lipinski definition) is 3. The van der Waals surface area contributed by atoms with Crippen LogP contribution in [0.25, 0.3) is 10.9 Å². The van der Waals surface area contributed by atoms with Gasteiger partial charge in [0.1, 0.15) is 0 Å². The van der Waals surface area contributed by atoms with Gasteiger partial charge in [0, 0.05) is 28.8 Å². The molecule has 2 aromatic rings. The van der Waals surface area contributed by atoms with Crippen molar-refractivity contribution in [1.82, 2.24) is 10.3 Å². The number of thioether (sulfide) groups is 1. The molecule has 1 unspecified atom stereocenters. The Labute approximate surface area is 123 Å². The first-order valence-electron chi connectivity index (χ1n) is 6.87. The standard InChI is InChI=1S/C15H21N3OS/c1-3-20-7-6-10(2)18-15(19)13-9-17-14-5-4-11(16)8-12(13)14/h4-5,8-10,17H,3,6-7,16H2,1-2H3,(H,18,19). The van der Waals surface area contributed by atoms with Crippen molar-refractivity contribution in [2.45, 2.75) is 26.3 Å². The fourth-order valence-corrected chi connectivity index (χ4v) is 2.91. The molecule has 5 heteroatoms. The summed E-state index contributed by atoms with van der Waals surface area (Å²) >= 11 is 1.89. The van der Waals surface area contributed by atoms with E-state index >= 15 is 0 Å². The van der Waals surface area contributed by atoms with Crippen LogP contribution >= 0.6 is 11.8 Å². The molecule has 1 amide bonds. The molecule has 0 aliphatic heterocycles. The number of nitrogen functional groups attached to an aromatic ring is 1. The summed E-state index contributed by atoms with van der Waals surface area (Å²) in [4.78, 5) is 15.4. The van der Waals surface area contributed by atoms with Crippen molar-refractivity contribution in [2.75, 3.05) is 17.2 Å². The van der Waals surface area contributed by atoms with Crippen molar-refractivity contribution in [3.63, 3.8) is 0 Å². The van der Waals surface area contributed by atoms with Gasteiger partial charge in [-0.1, -0.05) is 6.92 Å². The average molecular weight is 291 g/mol. The predicted octanol–water partition coefficient (Wildman–Crippen LogP) is 3.01. The lowest BCUT2D eigenvalue weighted by molar-refractivity contribution is 0.0941. The van der Waals surface area contributed by atoms with E-state index in [1.807, 2.05) is 36.9 Å². The van der Waals surface area contributed by atoms with Crippen molar-refractivity contribution in [1.29, 1.82) is 0 Å². The van der Waals surface area contributed by atoms with E-state index in [0.29, 0.717) is 11.3 Å². The number of anilines is 1. The minimum atomic E-state index is -0.0455. The molecule has 108 valence electrons. The van der Waals surface area contributed by atoms with Crippen molar-refractivity contribution >= 4 is 34.3 Å². The molecular formula is C15H21N3OS. The second-order valence-electron chi connectivity index (χ2n) is 4.87. The van der Waals surface area contributed by atoms with Gasteiger partial charge in [0.25, 0.3) is 5.91 Å². The van der Waals surface area contributed by atoms with Gasteiger partial charge in [0.05, 0.1) is 5.56 Å². The van der Waals surface area contributed by atoms with Gasteiger partial charge in [-0.3, -0.25) is 4.79 Å². The molecule has 0 aliphatic rings. The Kier molecular flexibility index (Phi) is 4.95. The molecule has 1 heterocycles. The molecule has 20 heavy (non-hydrogen) atoms. The van der Waals surface area contributed by atoms with Gasteiger partial charge in [0.2, 0.25) is 0 Å². The number of rotatable bonds is 6. The van der Waals surface area contributed by atoms with Crippen LogP contribution in [0, 0.1) is 0 Å². The van der Waals surface area contributed by atoms with Crippen LogP contribution in [0.3, 0.4) is 0 Å². The Hall–Kier alpha value is -1.62. The number of nitrogens with two attached hydrogens (primary N) is 1. The number of aromatic amines is 1. The number of carbonyl (C=O) groups excluding carboxylic acids is 1. The molecule has 1 aromatic heterocycles. The smallest absolute Gasteiger partial charge is 0.253 e. The molecule has 0 fully saturated rings. The summed E-state index contributed by atoms with van der Waals surface area (Å²) in [6.45, 7) is 4.18. The summed E-state index contributed by atoms with van der Waals surface area (Å²) in [5.41, 5.74) is 8.04. The summed E-state index contributed by atoms with van der Waals surface area (Å²) in [7, 11) is 0. The summed E-state index contributed by atoms with van der Waals surface area (Å²) < 4.78 is 0.